The van der Waals surface area contributed by atoms with Gasteiger partial charge in [0.2, 0.25) is 0 Å². The van der Waals surface area contributed by atoms with E-state index < -0.39 is 0 Å². The average Bonchev–Trinajstić information content (AvgIpc) is 2.94. The van der Waals surface area contributed by atoms with Crippen LogP contribution in [0.2, 0.25) is 0 Å². The van der Waals surface area contributed by atoms with Crippen molar-refractivity contribution in [1.29, 1.82) is 0 Å². The largest absolute Gasteiger partial charge is 0.384 e. The van der Waals surface area contributed by atoms with E-state index in [-0.39, 0.29) is 5.91 Å². The lowest BCUT2D eigenvalue weighted by Crippen LogP contribution is -2.29. The van der Waals surface area contributed by atoms with E-state index in [0.29, 0.717) is 16.9 Å². The minimum atomic E-state index is -0.143. The van der Waals surface area contributed by atoms with Crippen molar-refractivity contribution in [3.05, 3.63) is 23.9 Å². The zero-order valence-electron chi connectivity index (χ0n) is 8.79. The van der Waals surface area contributed by atoms with Gasteiger partial charge in [-0.2, -0.15) is 0 Å². The number of hydrogen-bond donors (Lipinski definition) is 2. The third kappa shape index (κ3) is 2.46. The van der Waals surface area contributed by atoms with Crippen molar-refractivity contribution in [3.8, 4) is 0 Å². The number of aromatic nitrogens is 1. The summed E-state index contributed by atoms with van der Waals surface area (Å²) >= 11 is 0. The number of amides is 1. The second kappa shape index (κ2) is 3.53. The molecule has 0 unspecified atom stereocenters. The predicted molar refractivity (Wildman–Crippen MR) is 58.3 cm³/mol. The van der Waals surface area contributed by atoms with E-state index in [0.717, 1.165) is 6.54 Å². The SMILES string of the molecule is CC1(CNC(=O)c2cccc(N)n2)CC1. The Bertz CT molecular complexity index is 385. The van der Waals surface area contributed by atoms with E-state index in [4.69, 9.17) is 5.73 Å². The van der Waals surface area contributed by atoms with Crippen molar-refractivity contribution in [2.75, 3.05) is 12.3 Å². The summed E-state index contributed by atoms with van der Waals surface area (Å²) in [4.78, 5) is 15.6. The fraction of sp³-hybridized carbons (Fsp3) is 0.455. The highest BCUT2D eigenvalue weighted by atomic mass is 16.1. The van der Waals surface area contributed by atoms with Gasteiger partial charge in [-0.05, 0) is 30.4 Å². The predicted octanol–water partition coefficient (Wildman–Crippen LogP) is 1.19. The van der Waals surface area contributed by atoms with Crippen molar-refractivity contribution in [2.24, 2.45) is 5.41 Å². The van der Waals surface area contributed by atoms with Gasteiger partial charge in [0.25, 0.3) is 5.91 Å². The Morgan fingerprint density at radius 2 is 2.33 bits per heavy atom. The van der Waals surface area contributed by atoms with Crippen LogP contribution in [0.1, 0.15) is 30.3 Å². The van der Waals surface area contributed by atoms with Crippen LogP contribution in [0.3, 0.4) is 0 Å². The van der Waals surface area contributed by atoms with Crippen molar-refractivity contribution in [1.82, 2.24) is 10.3 Å². The molecule has 4 heteroatoms. The second-order valence-corrected chi connectivity index (χ2v) is 4.44. The molecule has 1 heterocycles. The first-order valence-corrected chi connectivity index (χ1v) is 5.10. The quantitative estimate of drug-likeness (QED) is 0.779. The topological polar surface area (TPSA) is 68.0 Å². The number of nitrogen functional groups attached to an aromatic ring is 1. The summed E-state index contributed by atoms with van der Waals surface area (Å²) in [6, 6.07) is 5.07. The van der Waals surface area contributed by atoms with Crippen LogP contribution in [-0.4, -0.2) is 17.4 Å². The summed E-state index contributed by atoms with van der Waals surface area (Å²) in [6.07, 6.45) is 2.38. The Hall–Kier alpha value is -1.58. The number of pyridine rings is 1. The number of carbonyl (C=O) groups is 1. The number of rotatable bonds is 3. The zero-order chi connectivity index (χ0) is 10.9. The molecule has 1 aliphatic carbocycles. The fourth-order valence-corrected chi connectivity index (χ4v) is 1.35. The van der Waals surface area contributed by atoms with Crippen LogP contribution in [0, 0.1) is 5.41 Å². The monoisotopic (exact) mass is 205 g/mol. The summed E-state index contributed by atoms with van der Waals surface area (Å²) in [7, 11) is 0. The molecule has 0 atom stereocenters. The van der Waals surface area contributed by atoms with Gasteiger partial charge in [0.05, 0.1) is 0 Å². The van der Waals surface area contributed by atoms with Gasteiger partial charge in [0, 0.05) is 6.54 Å². The first kappa shape index (κ1) is 9.96. The van der Waals surface area contributed by atoms with E-state index in [1.54, 1.807) is 18.2 Å². The molecule has 0 spiro atoms. The van der Waals surface area contributed by atoms with E-state index in [9.17, 15) is 4.79 Å². The van der Waals surface area contributed by atoms with Crippen LogP contribution in [0.4, 0.5) is 5.82 Å². The lowest BCUT2D eigenvalue weighted by Gasteiger charge is -2.09. The van der Waals surface area contributed by atoms with Gasteiger partial charge in [-0.1, -0.05) is 13.0 Å². The smallest absolute Gasteiger partial charge is 0.269 e. The van der Waals surface area contributed by atoms with Crippen LogP contribution >= 0.6 is 0 Å². The van der Waals surface area contributed by atoms with E-state index >= 15 is 0 Å². The van der Waals surface area contributed by atoms with Gasteiger partial charge in [-0.3, -0.25) is 4.79 Å². The minimum Gasteiger partial charge on any atom is -0.384 e. The van der Waals surface area contributed by atoms with E-state index in [1.807, 2.05) is 0 Å². The van der Waals surface area contributed by atoms with Gasteiger partial charge in [-0.15, -0.1) is 0 Å². The van der Waals surface area contributed by atoms with Gasteiger partial charge < -0.3 is 11.1 Å². The third-order valence-electron chi connectivity index (χ3n) is 2.78. The molecular formula is C11H15N3O. The standard InChI is InChI=1S/C11H15N3O/c1-11(5-6-11)7-13-10(15)8-3-2-4-9(12)14-8/h2-4H,5-7H2,1H3,(H2,12,14)(H,13,15). The van der Waals surface area contributed by atoms with Crippen LogP contribution in [-0.2, 0) is 0 Å². The van der Waals surface area contributed by atoms with Crippen molar-refractivity contribution in [3.63, 3.8) is 0 Å². The molecule has 15 heavy (non-hydrogen) atoms. The number of hydrogen-bond acceptors (Lipinski definition) is 3. The lowest BCUT2D eigenvalue weighted by molar-refractivity contribution is 0.0941. The highest BCUT2D eigenvalue weighted by Crippen LogP contribution is 2.44. The molecule has 1 aliphatic rings. The maximum absolute atomic E-state index is 11.6. The number of anilines is 1. The molecule has 1 saturated carbocycles. The normalized spacial score (nSPS) is 17.1. The molecule has 0 aromatic carbocycles. The molecule has 0 aliphatic heterocycles. The van der Waals surface area contributed by atoms with Crippen molar-refractivity contribution >= 4 is 11.7 Å². The number of nitrogens with one attached hydrogen (secondary N) is 1. The highest BCUT2D eigenvalue weighted by molar-refractivity contribution is 5.92. The Labute approximate surface area is 88.9 Å². The Morgan fingerprint density at radius 1 is 1.60 bits per heavy atom. The van der Waals surface area contributed by atoms with Gasteiger partial charge in [-0.25, -0.2) is 4.98 Å². The molecule has 0 bridgehead atoms. The summed E-state index contributed by atoms with van der Waals surface area (Å²) in [6.45, 7) is 2.89. The molecule has 2 rings (SSSR count). The molecule has 80 valence electrons. The van der Waals surface area contributed by atoms with Crippen LogP contribution in [0.15, 0.2) is 18.2 Å². The summed E-state index contributed by atoms with van der Waals surface area (Å²) in [5.74, 6) is 0.232. The molecule has 1 fully saturated rings. The lowest BCUT2D eigenvalue weighted by atomic mass is 10.1. The fourth-order valence-electron chi connectivity index (χ4n) is 1.35. The van der Waals surface area contributed by atoms with E-state index in [2.05, 4.69) is 17.2 Å². The molecule has 1 amide bonds. The van der Waals surface area contributed by atoms with Gasteiger partial charge >= 0.3 is 0 Å². The highest BCUT2D eigenvalue weighted by Gasteiger charge is 2.37. The molecule has 3 N–H and O–H groups in total. The van der Waals surface area contributed by atoms with Crippen LogP contribution in [0.25, 0.3) is 0 Å². The number of nitrogens with zero attached hydrogens (tertiary/aromatic N) is 1. The van der Waals surface area contributed by atoms with Crippen LogP contribution < -0.4 is 11.1 Å². The second-order valence-electron chi connectivity index (χ2n) is 4.44. The molecule has 4 nitrogen and oxygen atoms in total. The molecule has 1 aromatic rings. The molecule has 0 saturated heterocycles. The molecular weight excluding hydrogens is 190 g/mol. The number of nitrogens with two attached hydrogens (primary N) is 1. The first-order valence-electron chi connectivity index (χ1n) is 5.10. The third-order valence-corrected chi connectivity index (χ3v) is 2.78. The van der Waals surface area contributed by atoms with Gasteiger partial charge in [0.15, 0.2) is 0 Å². The maximum atomic E-state index is 11.6. The van der Waals surface area contributed by atoms with Crippen molar-refractivity contribution < 1.29 is 4.79 Å². The van der Waals surface area contributed by atoms with E-state index in [1.165, 1.54) is 12.8 Å². The summed E-state index contributed by atoms with van der Waals surface area (Å²) in [5, 5.41) is 2.87. The Balaban J connectivity index is 1.95. The molecule has 0 radical (unpaired) electrons. The molecule has 1 aromatic heterocycles. The summed E-state index contributed by atoms with van der Waals surface area (Å²) in [5.41, 5.74) is 6.20. The first-order chi connectivity index (χ1) is 7.09. The Morgan fingerprint density at radius 3 is 2.93 bits per heavy atom. The number of carbonyl (C=O) groups excluding carboxylic acids is 1. The van der Waals surface area contributed by atoms with Gasteiger partial charge in [0.1, 0.15) is 11.5 Å². The maximum Gasteiger partial charge on any atom is 0.269 e. The van der Waals surface area contributed by atoms with Crippen molar-refractivity contribution in [2.45, 2.75) is 19.8 Å². The summed E-state index contributed by atoms with van der Waals surface area (Å²) < 4.78 is 0. The minimum absolute atomic E-state index is 0.143. The Kier molecular flexibility index (Phi) is 2.34. The average molecular weight is 205 g/mol. The van der Waals surface area contributed by atoms with Crippen LogP contribution in [0.5, 0.6) is 0 Å². The zero-order valence-corrected chi connectivity index (χ0v) is 8.79.